The molecule has 0 bridgehead atoms. The number of nitroso groups, excluding NO2 is 1. The lowest BCUT2D eigenvalue weighted by Crippen LogP contribution is -1.98. The average Bonchev–Trinajstić information content (AvgIpc) is 2.83. The van der Waals surface area contributed by atoms with E-state index in [0.29, 0.717) is 6.61 Å². The van der Waals surface area contributed by atoms with Crippen molar-refractivity contribution in [2.24, 2.45) is 5.18 Å². The first-order valence-electron chi connectivity index (χ1n) is 6.06. The Balaban J connectivity index is 1.93. The Bertz CT molecular complexity index is 610. The van der Waals surface area contributed by atoms with Gasteiger partial charge in [0.1, 0.15) is 18.5 Å². The molecule has 2 aromatic carbocycles. The molecule has 0 saturated heterocycles. The molecule has 1 aliphatic heterocycles. The van der Waals surface area contributed by atoms with E-state index in [0.717, 1.165) is 22.3 Å². The van der Waals surface area contributed by atoms with Gasteiger partial charge in [0.05, 0.1) is 6.61 Å². The summed E-state index contributed by atoms with van der Waals surface area (Å²) in [7, 11) is 0. The summed E-state index contributed by atoms with van der Waals surface area (Å²) in [5.41, 5.74) is 3.95. The van der Waals surface area contributed by atoms with Crippen molar-refractivity contribution >= 4 is 0 Å². The van der Waals surface area contributed by atoms with Gasteiger partial charge in [-0.3, -0.25) is 0 Å². The van der Waals surface area contributed by atoms with E-state index in [9.17, 15) is 9.30 Å². The minimum atomic E-state index is -0.255. The van der Waals surface area contributed by atoms with Crippen LogP contribution < -0.4 is 0 Å². The summed E-state index contributed by atoms with van der Waals surface area (Å²) in [5, 5.41) is 2.89. The fourth-order valence-corrected chi connectivity index (χ4v) is 2.39. The molecule has 96 valence electrons. The summed E-state index contributed by atoms with van der Waals surface area (Å²) in [4.78, 5) is 10.3. The Labute approximate surface area is 110 Å². The maximum absolute atomic E-state index is 12.9. The molecule has 0 N–H and O–H groups in total. The van der Waals surface area contributed by atoms with E-state index in [2.05, 4.69) is 5.18 Å². The molecule has 1 aliphatic rings. The molecule has 2 aromatic rings. The summed E-state index contributed by atoms with van der Waals surface area (Å²) in [5.74, 6) is -0.255. The van der Waals surface area contributed by atoms with E-state index in [1.54, 1.807) is 12.1 Å². The van der Waals surface area contributed by atoms with Crippen LogP contribution in [0.4, 0.5) is 4.39 Å². The summed E-state index contributed by atoms with van der Waals surface area (Å²) in [6.07, 6.45) is -0.158. The van der Waals surface area contributed by atoms with E-state index >= 15 is 0 Å². The van der Waals surface area contributed by atoms with E-state index in [4.69, 9.17) is 4.74 Å². The van der Waals surface area contributed by atoms with Gasteiger partial charge in [0.25, 0.3) is 0 Å². The highest BCUT2D eigenvalue weighted by Gasteiger charge is 2.24. The molecular weight excluding hydrogens is 245 g/mol. The lowest BCUT2D eigenvalue weighted by molar-refractivity contribution is 0.0939. The van der Waals surface area contributed by atoms with Crippen molar-refractivity contribution in [3.63, 3.8) is 0 Å². The number of rotatable bonds is 3. The molecule has 19 heavy (non-hydrogen) atoms. The summed E-state index contributed by atoms with van der Waals surface area (Å²) in [6.45, 7) is 0.679. The molecule has 0 fully saturated rings. The van der Waals surface area contributed by atoms with Crippen LogP contribution in [0.3, 0.4) is 0 Å². The SMILES string of the molecule is O=NCc1ccc2c(c1)COC2c1ccc(F)cc1. The molecule has 1 atom stereocenters. The van der Waals surface area contributed by atoms with Gasteiger partial charge in [-0.1, -0.05) is 35.5 Å². The van der Waals surface area contributed by atoms with Crippen LogP contribution in [0.25, 0.3) is 0 Å². The van der Waals surface area contributed by atoms with E-state index < -0.39 is 0 Å². The zero-order chi connectivity index (χ0) is 13.2. The number of benzene rings is 2. The number of halogens is 1. The Morgan fingerprint density at radius 1 is 1.21 bits per heavy atom. The molecule has 1 heterocycles. The monoisotopic (exact) mass is 257 g/mol. The molecule has 4 heteroatoms. The zero-order valence-corrected chi connectivity index (χ0v) is 10.2. The van der Waals surface area contributed by atoms with Gasteiger partial charge in [0.2, 0.25) is 0 Å². The van der Waals surface area contributed by atoms with Crippen LogP contribution in [0.2, 0.25) is 0 Å². The first-order chi connectivity index (χ1) is 9.28. The van der Waals surface area contributed by atoms with Gasteiger partial charge in [-0.15, -0.1) is 0 Å². The third-order valence-electron chi connectivity index (χ3n) is 3.32. The largest absolute Gasteiger partial charge is 0.364 e. The van der Waals surface area contributed by atoms with Crippen molar-refractivity contribution in [2.45, 2.75) is 19.3 Å². The highest BCUT2D eigenvalue weighted by atomic mass is 19.1. The number of nitrogens with zero attached hydrogens (tertiary/aromatic N) is 1. The Morgan fingerprint density at radius 2 is 2.00 bits per heavy atom. The summed E-state index contributed by atoms with van der Waals surface area (Å²) < 4.78 is 18.7. The smallest absolute Gasteiger partial charge is 0.123 e. The second-order valence-corrected chi connectivity index (χ2v) is 4.56. The minimum absolute atomic E-state index is 0.158. The molecule has 0 aliphatic carbocycles. The first-order valence-corrected chi connectivity index (χ1v) is 6.06. The van der Waals surface area contributed by atoms with E-state index in [-0.39, 0.29) is 18.5 Å². The topological polar surface area (TPSA) is 38.7 Å². The zero-order valence-electron chi connectivity index (χ0n) is 10.2. The van der Waals surface area contributed by atoms with Gasteiger partial charge in [0.15, 0.2) is 0 Å². The number of ether oxygens (including phenoxy) is 1. The first kappa shape index (κ1) is 12.0. The number of hydrogen-bond acceptors (Lipinski definition) is 3. The summed E-state index contributed by atoms with van der Waals surface area (Å²) >= 11 is 0. The highest BCUT2D eigenvalue weighted by Crippen LogP contribution is 2.36. The Kier molecular flexibility index (Phi) is 3.09. The van der Waals surface area contributed by atoms with Crippen molar-refractivity contribution in [3.05, 3.63) is 75.4 Å². The van der Waals surface area contributed by atoms with Crippen LogP contribution in [0.1, 0.15) is 28.4 Å². The molecule has 3 rings (SSSR count). The fourth-order valence-electron chi connectivity index (χ4n) is 2.39. The Morgan fingerprint density at radius 3 is 2.74 bits per heavy atom. The summed E-state index contributed by atoms with van der Waals surface area (Å²) in [6, 6.07) is 12.1. The predicted octanol–water partition coefficient (Wildman–Crippen LogP) is 3.71. The van der Waals surface area contributed by atoms with Gasteiger partial charge in [-0.05, 0) is 34.4 Å². The van der Waals surface area contributed by atoms with Gasteiger partial charge in [0, 0.05) is 0 Å². The van der Waals surface area contributed by atoms with E-state index in [1.165, 1.54) is 12.1 Å². The standard InChI is InChI=1S/C15H12FNO2/c16-13-4-2-11(3-5-13)15-14-6-1-10(8-17-18)7-12(14)9-19-15/h1-7,15H,8-9H2. The van der Waals surface area contributed by atoms with Crippen molar-refractivity contribution in [1.29, 1.82) is 0 Å². The van der Waals surface area contributed by atoms with Crippen LogP contribution >= 0.6 is 0 Å². The number of fused-ring (bicyclic) bond motifs is 1. The molecular formula is C15H12FNO2. The van der Waals surface area contributed by atoms with Crippen LogP contribution in [0, 0.1) is 10.7 Å². The molecule has 3 nitrogen and oxygen atoms in total. The van der Waals surface area contributed by atoms with Crippen LogP contribution in [0.15, 0.2) is 47.6 Å². The molecule has 0 aromatic heterocycles. The Hall–Kier alpha value is -2.07. The van der Waals surface area contributed by atoms with Gasteiger partial charge >= 0.3 is 0 Å². The fraction of sp³-hybridized carbons (Fsp3) is 0.200. The van der Waals surface area contributed by atoms with Gasteiger partial charge in [-0.25, -0.2) is 4.39 Å². The van der Waals surface area contributed by atoms with Gasteiger partial charge < -0.3 is 4.74 Å². The maximum Gasteiger partial charge on any atom is 0.123 e. The molecule has 0 saturated carbocycles. The second-order valence-electron chi connectivity index (χ2n) is 4.56. The number of hydrogen-bond donors (Lipinski definition) is 0. The normalized spacial score (nSPS) is 17.2. The lowest BCUT2D eigenvalue weighted by Gasteiger charge is -2.11. The molecule has 0 radical (unpaired) electrons. The third kappa shape index (κ3) is 2.27. The molecule has 1 unspecified atom stereocenters. The quantitative estimate of drug-likeness (QED) is 0.786. The molecule has 0 amide bonds. The van der Waals surface area contributed by atoms with Crippen molar-refractivity contribution in [3.8, 4) is 0 Å². The van der Waals surface area contributed by atoms with Crippen LogP contribution in [-0.4, -0.2) is 0 Å². The van der Waals surface area contributed by atoms with Crippen molar-refractivity contribution in [2.75, 3.05) is 0 Å². The van der Waals surface area contributed by atoms with Crippen molar-refractivity contribution in [1.82, 2.24) is 0 Å². The minimum Gasteiger partial charge on any atom is -0.364 e. The second kappa shape index (κ2) is 4.90. The highest BCUT2D eigenvalue weighted by molar-refractivity contribution is 5.41. The maximum atomic E-state index is 12.9. The van der Waals surface area contributed by atoms with Crippen molar-refractivity contribution < 1.29 is 9.13 Å². The average molecular weight is 257 g/mol. The van der Waals surface area contributed by atoms with Crippen LogP contribution in [-0.2, 0) is 17.9 Å². The van der Waals surface area contributed by atoms with E-state index in [1.807, 2.05) is 18.2 Å². The van der Waals surface area contributed by atoms with Crippen LogP contribution in [0.5, 0.6) is 0 Å². The lowest BCUT2D eigenvalue weighted by atomic mass is 9.98. The predicted molar refractivity (Wildman–Crippen MR) is 69.0 cm³/mol. The third-order valence-corrected chi connectivity index (χ3v) is 3.32. The van der Waals surface area contributed by atoms with Gasteiger partial charge in [-0.2, -0.15) is 4.91 Å². The molecule has 0 spiro atoms.